The molecule has 1 nitrogen and oxygen atoms in total. The van der Waals surface area contributed by atoms with Gasteiger partial charge in [-0.2, -0.15) is 0 Å². The molecule has 1 aliphatic heterocycles. The predicted octanol–water partition coefficient (Wildman–Crippen LogP) is 5.70. The molecule has 2 heteroatoms. The first kappa shape index (κ1) is 14.9. The van der Waals surface area contributed by atoms with Gasteiger partial charge < -0.3 is 4.57 Å². The highest BCUT2D eigenvalue weighted by Crippen LogP contribution is 2.58. The second-order valence-corrected chi connectivity index (χ2v) is 10.4. The van der Waals surface area contributed by atoms with Crippen LogP contribution in [0.5, 0.6) is 0 Å². The normalized spacial score (nSPS) is 14.8. The summed E-state index contributed by atoms with van der Waals surface area (Å²) in [6.45, 7) is 4.17. The van der Waals surface area contributed by atoms with Gasteiger partial charge in [-0.1, -0.05) is 74.5 Å². The molecule has 0 N–H and O–H groups in total. The van der Waals surface area contributed by atoms with Crippen molar-refractivity contribution in [2.24, 2.45) is 0 Å². The van der Waals surface area contributed by atoms with Gasteiger partial charge in [0, 0.05) is 27.4 Å². The Labute approximate surface area is 147 Å². The van der Waals surface area contributed by atoms with Crippen molar-refractivity contribution in [3.05, 3.63) is 72.8 Å². The molecule has 5 rings (SSSR count). The minimum Gasteiger partial charge on any atom is -0.313 e. The molecule has 1 heterocycles. The van der Waals surface area contributed by atoms with Crippen molar-refractivity contribution in [2.75, 3.05) is 0 Å². The standard InChI is InChI=1S/C23H19OP/c1-15(2)25(24)20-13-11-16-7-3-5-9-18(16)22(20)23-19-10-6-4-8-17(19)12-14-21(23)25/h3-15H,1-2H3. The third-order valence-corrected chi connectivity index (χ3v) is 9.14. The van der Waals surface area contributed by atoms with E-state index in [1.165, 1.54) is 32.7 Å². The lowest BCUT2D eigenvalue weighted by atomic mass is 9.94. The molecule has 0 spiro atoms. The lowest BCUT2D eigenvalue weighted by Gasteiger charge is -2.19. The van der Waals surface area contributed by atoms with Crippen molar-refractivity contribution in [1.29, 1.82) is 0 Å². The van der Waals surface area contributed by atoms with Gasteiger partial charge in [-0.15, -0.1) is 0 Å². The average Bonchev–Trinajstić information content (AvgIpc) is 2.92. The molecular formula is C23H19OP. The van der Waals surface area contributed by atoms with Crippen LogP contribution in [0.25, 0.3) is 32.7 Å². The van der Waals surface area contributed by atoms with E-state index < -0.39 is 7.14 Å². The highest BCUT2D eigenvalue weighted by atomic mass is 31.2. The van der Waals surface area contributed by atoms with Gasteiger partial charge in [-0.05, 0) is 33.7 Å². The number of hydrogen-bond acceptors (Lipinski definition) is 1. The molecule has 25 heavy (non-hydrogen) atoms. The van der Waals surface area contributed by atoms with Gasteiger partial charge in [0.1, 0.15) is 7.14 Å². The minimum atomic E-state index is -2.63. The third kappa shape index (κ3) is 1.82. The number of fused-ring (bicyclic) bond motifs is 7. The van der Waals surface area contributed by atoms with Crippen molar-refractivity contribution in [1.82, 2.24) is 0 Å². The summed E-state index contributed by atoms with van der Waals surface area (Å²) in [5, 5.41) is 6.89. The van der Waals surface area contributed by atoms with Gasteiger partial charge >= 0.3 is 0 Å². The van der Waals surface area contributed by atoms with Crippen LogP contribution in [0.2, 0.25) is 0 Å². The van der Waals surface area contributed by atoms with Gasteiger partial charge in [-0.3, -0.25) is 0 Å². The van der Waals surface area contributed by atoms with Crippen molar-refractivity contribution in [3.8, 4) is 11.1 Å². The zero-order valence-corrected chi connectivity index (χ0v) is 15.3. The van der Waals surface area contributed by atoms with Crippen molar-refractivity contribution < 1.29 is 4.57 Å². The Morgan fingerprint density at radius 1 is 0.640 bits per heavy atom. The first-order valence-corrected chi connectivity index (χ1v) is 10.5. The topological polar surface area (TPSA) is 17.1 Å². The summed E-state index contributed by atoms with van der Waals surface area (Å²) >= 11 is 0. The molecule has 0 fully saturated rings. The molecule has 0 amide bonds. The Kier molecular flexibility index (Phi) is 3.03. The summed E-state index contributed by atoms with van der Waals surface area (Å²) in [6.07, 6.45) is 0. The maximum atomic E-state index is 14.2. The predicted molar refractivity (Wildman–Crippen MR) is 109 cm³/mol. The van der Waals surface area contributed by atoms with Crippen molar-refractivity contribution >= 4 is 39.3 Å². The Bertz CT molecular complexity index is 1110. The molecule has 0 atom stereocenters. The molecule has 0 unspecified atom stereocenters. The van der Waals surface area contributed by atoms with E-state index in [4.69, 9.17) is 0 Å². The number of rotatable bonds is 1. The second-order valence-electron chi connectivity index (χ2n) is 7.11. The quantitative estimate of drug-likeness (QED) is 0.406. The van der Waals surface area contributed by atoms with E-state index in [0.717, 1.165) is 10.6 Å². The van der Waals surface area contributed by atoms with E-state index in [1.54, 1.807) is 0 Å². The lowest BCUT2D eigenvalue weighted by Crippen LogP contribution is -2.17. The van der Waals surface area contributed by atoms with Crippen LogP contribution >= 0.6 is 7.14 Å². The molecule has 0 aromatic heterocycles. The molecule has 0 saturated carbocycles. The average molecular weight is 342 g/mol. The van der Waals surface area contributed by atoms with Crippen molar-refractivity contribution in [3.63, 3.8) is 0 Å². The van der Waals surface area contributed by atoms with Crippen LogP contribution in [0.1, 0.15) is 13.8 Å². The Morgan fingerprint density at radius 3 is 1.52 bits per heavy atom. The third-order valence-electron chi connectivity index (χ3n) is 5.51. The second kappa shape index (κ2) is 5.07. The fraction of sp³-hybridized carbons (Fsp3) is 0.130. The van der Waals surface area contributed by atoms with E-state index in [2.05, 4.69) is 86.6 Å². The van der Waals surface area contributed by atoms with Crippen LogP contribution in [0.3, 0.4) is 0 Å². The first-order chi connectivity index (χ1) is 12.1. The van der Waals surface area contributed by atoms with Crippen LogP contribution in [-0.2, 0) is 4.57 Å². The Hall–Kier alpha value is -2.37. The van der Waals surface area contributed by atoms with Crippen molar-refractivity contribution in [2.45, 2.75) is 19.5 Å². The van der Waals surface area contributed by atoms with E-state index in [1.807, 2.05) is 0 Å². The van der Waals surface area contributed by atoms with Gasteiger partial charge in [0.25, 0.3) is 0 Å². The molecule has 0 radical (unpaired) electrons. The molecule has 122 valence electrons. The summed E-state index contributed by atoms with van der Waals surface area (Å²) in [6, 6.07) is 25.3. The maximum Gasteiger partial charge on any atom is 0.146 e. The zero-order chi connectivity index (χ0) is 17.2. The molecule has 0 aliphatic carbocycles. The van der Waals surface area contributed by atoms with E-state index in [0.29, 0.717) is 0 Å². The van der Waals surface area contributed by atoms with E-state index >= 15 is 0 Å². The maximum absolute atomic E-state index is 14.2. The van der Waals surface area contributed by atoms with Gasteiger partial charge in [0.15, 0.2) is 0 Å². The van der Waals surface area contributed by atoms with E-state index in [9.17, 15) is 4.57 Å². The first-order valence-electron chi connectivity index (χ1n) is 8.77. The molecule has 1 aliphatic rings. The highest BCUT2D eigenvalue weighted by Gasteiger charge is 2.42. The monoisotopic (exact) mass is 342 g/mol. The fourth-order valence-corrected chi connectivity index (χ4v) is 7.38. The molecular weight excluding hydrogens is 323 g/mol. The van der Waals surface area contributed by atoms with E-state index in [-0.39, 0.29) is 5.66 Å². The summed E-state index contributed by atoms with van der Waals surface area (Å²) in [5.74, 6) is 0. The molecule has 4 aromatic carbocycles. The van der Waals surface area contributed by atoms with Crippen LogP contribution in [0.15, 0.2) is 72.8 Å². The number of hydrogen-bond donors (Lipinski definition) is 0. The van der Waals surface area contributed by atoms with Crippen LogP contribution < -0.4 is 10.6 Å². The van der Waals surface area contributed by atoms with Gasteiger partial charge in [0.2, 0.25) is 0 Å². The van der Waals surface area contributed by atoms with Crippen LogP contribution in [0, 0.1) is 0 Å². The molecule has 0 bridgehead atoms. The Morgan fingerprint density at radius 2 is 1.08 bits per heavy atom. The molecule has 0 saturated heterocycles. The van der Waals surface area contributed by atoms with Crippen LogP contribution in [0.4, 0.5) is 0 Å². The summed E-state index contributed by atoms with van der Waals surface area (Å²) in [7, 11) is -2.63. The SMILES string of the molecule is CC(C)P1(=O)c2ccc3ccccc3c2-c2c1ccc1ccccc21. The number of benzene rings is 4. The smallest absolute Gasteiger partial charge is 0.146 e. The fourth-order valence-electron chi connectivity index (χ4n) is 4.29. The lowest BCUT2D eigenvalue weighted by molar-refractivity contribution is 0.582. The highest BCUT2D eigenvalue weighted by molar-refractivity contribution is 7.80. The largest absolute Gasteiger partial charge is 0.313 e. The van der Waals surface area contributed by atoms with Gasteiger partial charge in [-0.25, -0.2) is 0 Å². The summed E-state index contributed by atoms with van der Waals surface area (Å²) in [4.78, 5) is 0. The summed E-state index contributed by atoms with van der Waals surface area (Å²) < 4.78 is 14.2. The summed E-state index contributed by atoms with van der Waals surface area (Å²) in [5.41, 5.74) is 2.46. The van der Waals surface area contributed by atoms with Gasteiger partial charge in [0.05, 0.1) is 0 Å². The Balaban J connectivity index is 2.07. The minimum absolute atomic E-state index is 0.0924. The zero-order valence-electron chi connectivity index (χ0n) is 14.4. The molecule has 4 aromatic rings. The van der Waals surface area contributed by atoms with Crippen LogP contribution in [-0.4, -0.2) is 5.66 Å².